The van der Waals surface area contributed by atoms with Crippen LogP contribution >= 0.6 is 11.6 Å². The average molecular weight is 231 g/mol. The van der Waals surface area contributed by atoms with Crippen molar-refractivity contribution in [2.24, 2.45) is 0 Å². The molecule has 15 heavy (non-hydrogen) atoms. The van der Waals surface area contributed by atoms with Crippen molar-refractivity contribution in [3.63, 3.8) is 0 Å². The van der Waals surface area contributed by atoms with Crippen molar-refractivity contribution in [1.29, 1.82) is 0 Å². The van der Waals surface area contributed by atoms with E-state index >= 15 is 0 Å². The van der Waals surface area contributed by atoms with E-state index in [1.54, 1.807) is 0 Å². The second-order valence-corrected chi connectivity index (χ2v) is 3.21. The lowest BCUT2D eigenvalue weighted by Gasteiger charge is -1.98. The summed E-state index contributed by atoms with van der Waals surface area (Å²) in [4.78, 5) is 3.70. The minimum atomic E-state index is -0.649. The minimum absolute atomic E-state index is 0.0347. The van der Waals surface area contributed by atoms with E-state index in [1.165, 1.54) is 6.07 Å². The Kier molecular flexibility index (Phi) is 2.64. The highest BCUT2D eigenvalue weighted by molar-refractivity contribution is 6.28. The molecule has 1 aromatic heterocycles. The van der Waals surface area contributed by atoms with Crippen molar-refractivity contribution >= 4 is 11.6 Å². The zero-order valence-corrected chi connectivity index (χ0v) is 8.13. The average Bonchev–Trinajstić information content (AvgIpc) is 2.56. The van der Waals surface area contributed by atoms with Gasteiger partial charge in [-0.2, -0.15) is 4.98 Å². The molecule has 2 aromatic rings. The van der Waals surface area contributed by atoms with Crippen LogP contribution in [0, 0.1) is 11.6 Å². The van der Waals surface area contributed by atoms with Gasteiger partial charge in [-0.15, -0.1) is 0 Å². The Labute approximate surface area is 88.7 Å². The molecule has 2 rings (SSSR count). The third-order valence-electron chi connectivity index (χ3n) is 1.80. The van der Waals surface area contributed by atoms with Gasteiger partial charge in [0.25, 0.3) is 5.28 Å². The highest BCUT2D eigenvalue weighted by Crippen LogP contribution is 2.14. The predicted molar refractivity (Wildman–Crippen MR) is 48.5 cm³/mol. The summed E-state index contributed by atoms with van der Waals surface area (Å²) in [5.41, 5.74) is 0.275. The van der Waals surface area contributed by atoms with Crippen LogP contribution < -0.4 is 0 Å². The monoisotopic (exact) mass is 230 g/mol. The molecule has 0 radical (unpaired) electrons. The maximum atomic E-state index is 13.2. The number of halogens is 3. The molecule has 0 aliphatic carbocycles. The van der Waals surface area contributed by atoms with Crippen molar-refractivity contribution in [3.05, 3.63) is 46.6 Å². The van der Waals surface area contributed by atoms with Crippen molar-refractivity contribution in [3.8, 4) is 0 Å². The van der Waals surface area contributed by atoms with Gasteiger partial charge in [0.2, 0.25) is 5.89 Å². The standard InChI is InChI=1S/C9H5ClF2N2O/c10-9-13-8(15-14-9)3-5-1-2-6(11)4-7(5)12/h1-2,4H,3H2. The minimum Gasteiger partial charge on any atom is -0.338 e. The molecule has 0 amide bonds. The third-order valence-corrected chi connectivity index (χ3v) is 1.95. The number of nitrogens with zero attached hydrogens (tertiary/aromatic N) is 2. The molecule has 3 nitrogen and oxygen atoms in total. The summed E-state index contributed by atoms with van der Waals surface area (Å²) < 4.78 is 30.5. The number of aromatic nitrogens is 2. The fraction of sp³-hybridized carbons (Fsp3) is 0.111. The van der Waals surface area contributed by atoms with Gasteiger partial charge in [-0.05, 0) is 28.4 Å². The number of hydrogen-bond acceptors (Lipinski definition) is 3. The van der Waals surface area contributed by atoms with Crippen molar-refractivity contribution in [1.82, 2.24) is 10.1 Å². The summed E-state index contributed by atoms with van der Waals surface area (Å²) in [6.07, 6.45) is 0.0891. The van der Waals surface area contributed by atoms with Gasteiger partial charge in [-0.3, -0.25) is 0 Å². The lowest BCUT2D eigenvalue weighted by atomic mass is 10.1. The quantitative estimate of drug-likeness (QED) is 0.796. The van der Waals surface area contributed by atoms with Crippen LogP contribution in [0.4, 0.5) is 8.78 Å². The van der Waals surface area contributed by atoms with Crippen LogP contribution in [0.5, 0.6) is 0 Å². The topological polar surface area (TPSA) is 38.9 Å². The SMILES string of the molecule is Fc1ccc(Cc2nc(Cl)no2)c(F)c1. The van der Waals surface area contributed by atoms with E-state index in [-0.39, 0.29) is 23.2 Å². The molecule has 0 N–H and O–H groups in total. The summed E-state index contributed by atoms with van der Waals surface area (Å²) in [6, 6.07) is 3.28. The molecule has 6 heteroatoms. The fourth-order valence-corrected chi connectivity index (χ4v) is 1.26. The van der Waals surface area contributed by atoms with Crippen molar-refractivity contribution in [2.75, 3.05) is 0 Å². The molecule has 0 saturated heterocycles. The Balaban J connectivity index is 2.24. The predicted octanol–water partition coefficient (Wildman–Crippen LogP) is 2.59. The molecule has 0 aliphatic rings. The number of hydrogen-bond donors (Lipinski definition) is 0. The molecular formula is C9H5ClF2N2O. The van der Waals surface area contributed by atoms with Crippen LogP contribution in [0.15, 0.2) is 22.7 Å². The zero-order valence-electron chi connectivity index (χ0n) is 7.38. The van der Waals surface area contributed by atoms with E-state index in [0.29, 0.717) is 0 Å². The Bertz CT molecular complexity index is 487. The molecule has 0 fully saturated rings. The smallest absolute Gasteiger partial charge is 0.263 e. The van der Waals surface area contributed by atoms with E-state index in [4.69, 9.17) is 16.1 Å². The van der Waals surface area contributed by atoms with Gasteiger partial charge in [0, 0.05) is 6.07 Å². The first-order valence-electron chi connectivity index (χ1n) is 4.07. The van der Waals surface area contributed by atoms with Gasteiger partial charge >= 0.3 is 0 Å². The zero-order chi connectivity index (χ0) is 10.8. The van der Waals surface area contributed by atoms with Gasteiger partial charge in [-0.1, -0.05) is 6.07 Å². The largest absolute Gasteiger partial charge is 0.338 e. The summed E-state index contributed by atoms with van der Waals surface area (Å²) in [7, 11) is 0. The molecule has 1 aromatic carbocycles. The maximum absolute atomic E-state index is 13.2. The molecule has 1 heterocycles. The number of rotatable bonds is 2. The highest BCUT2D eigenvalue weighted by Gasteiger charge is 2.09. The van der Waals surface area contributed by atoms with E-state index < -0.39 is 11.6 Å². The van der Waals surface area contributed by atoms with Gasteiger partial charge in [0.15, 0.2) is 0 Å². The molecule has 0 unspecified atom stereocenters. The van der Waals surface area contributed by atoms with Crippen LogP contribution in [0.25, 0.3) is 0 Å². The van der Waals surface area contributed by atoms with Crippen LogP contribution in [0.1, 0.15) is 11.5 Å². The Morgan fingerprint density at radius 2 is 2.13 bits per heavy atom. The Morgan fingerprint density at radius 3 is 2.73 bits per heavy atom. The maximum Gasteiger partial charge on any atom is 0.263 e. The first kappa shape index (κ1) is 10.0. The molecule has 0 saturated carbocycles. The molecule has 0 atom stereocenters. The lowest BCUT2D eigenvalue weighted by Crippen LogP contribution is -1.93. The first-order chi connectivity index (χ1) is 7.15. The molecule has 0 spiro atoms. The molecular weight excluding hydrogens is 226 g/mol. The highest BCUT2D eigenvalue weighted by atomic mass is 35.5. The van der Waals surface area contributed by atoms with E-state index in [0.717, 1.165) is 12.1 Å². The normalized spacial score (nSPS) is 10.6. The number of benzene rings is 1. The lowest BCUT2D eigenvalue weighted by molar-refractivity contribution is 0.383. The first-order valence-corrected chi connectivity index (χ1v) is 4.45. The van der Waals surface area contributed by atoms with E-state index in [2.05, 4.69) is 10.1 Å². The van der Waals surface area contributed by atoms with Crippen LogP contribution in [0.2, 0.25) is 5.28 Å². The van der Waals surface area contributed by atoms with Crippen molar-refractivity contribution in [2.45, 2.75) is 6.42 Å². The summed E-state index contributed by atoms with van der Waals surface area (Å²) in [6.45, 7) is 0. The molecule has 78 valence electrons. The molecule has 0 bridgehead atoms. The Morgan fingerprint density at radius 1 is 1.33 bits per heavy atom. The second-order valence-electron chi connectivity index (χ2n) is 2.87. The third kappa shape index (κ3) is 2.30. The van der Waals surface area contributed by atoms with Gasteiger partial charge in [0.05, 0.1) is 6.42 Å². The van der Waals surface area contributed by atoms with Crippen LogP contribution in [0.3, 0.4) is 0 Å². The van der Waals surface area contributed by atoms with Gasteiger partial charge in [0.1, 0.15) is 11.6 Å². The van der Waals surface area contributed by atoms with E-state index in [9.17, 15) is 8.78 Å². The Hall–Kier alpha value is -1.49. The van der Waals surface area contributed by atoms with Crippen LogP contribution in [-0.4, -0.2) is 10.1 Å². The second kappa shape index (κ2) is 3.94. The summed E-state index contributed by atoms with van der Waals surface area (Å²) >= 11 is 5.42. The fourth-order valence-electron chi connectivity index (χ4n) is 1.13. The van der Waals surface area contributed by atoms with E-state index in [1.807, 2.05) is 0 Å². The van der Waals surface area contributed by atoms with Gasteiger partial charge < -0.3 is 4.52 Å². The van der Waals surface area contributed by atoms with Crippen LogP contribution in [-0.2, 0) is 6.42 Å². The van der Waals surface area contributed by atoms with Gasteiger partial charge in [-0.25, -0.2) is 8.78 Å². The van der Waals surface area contributed by atoms with Crippen molar-refractivity contribution < 1.29 is 13.3 Å². The summed E-state index contributed by atoms with van der Waals surface area (Å²) in [5.74, 6) is -1.09. The summed E-state index contributed by atoms with van der Waals surface area (Å²) in [5, 5.41) is 3.31. The molecule has 0 aliphatic heterocycles.